The number of anilines is 1. The van der Waals surface area contributed by atoms with E-state index in [2.05, 4.69) is 15.0 Å². The zero-order valence-electron chi connectivity index (χ0n) is 10.8. The largest absolute Gasteiger partial charge is 0.381 e. The number of nitrogens with zero attached hydrogens (tertiary/aromatic N) is 2. The number of nitrogens with two attached hydrogens (primary N) is 1. The summed E-state index contributed by atoms with van der Waals surface area (Å²) in [5, 5.41) is 4.21. The Morgan fingerprint density at radius 2 is 2.30 bits per heavy atom. The number of fused-ring (bicyclic) bond motifs is 1. The Balaban J connectivity index is 2.12. The number of hydrogen-bond acceptors (Lipinski definition) is 6. The first-order valence-electron chi connectivity index (χ1n) is 5.93. The Morgan fingerprint density at radius 3 is 3.00 bits per heavy atom. The van der Waals surface area contributed by atoms with Gasteiger partial charge in [0.2, 0.25) is 5.91 Å². The molecule has 10 heteroatoms. The average molecular weight is 317 g/mol. The Hall–Kier alpha value is -1.65. The maximum atomic E-state index is 12.2. The van der Waals surface area contributed by atoms with E-state index in [4.69, 9.17) is 5.73 Å². The number of amides is 1. The Bertz CT molecular complexity index is 718. The lowest BCUT2D eigenvalue weighted by Gasteiger charge is -2.06. The van der Waals surface area contributed by atoms with Crippen molar-refractivity contribution in [3.8, 4) is 0 Å². The molecule has 0 aliphatic heterocycles. The fourth-order valence-electron chi connectivity index (χ4n) is 1.70. The molecule has 0 spiro atoms. The summed E-state index contributed by atoms with van der Waals surface area (Å²) in [6.07, 6.45) is 1.65. The number of sulfonamides is 1. The molecule has 2 aromatic heterocycles. The van der Waals surface area contributed by atoms with Crippen molar-refractivity contribution in [2.45, 2.75) is 18.4 Å². The third kappa shape index (κ3) is 2.92. The molecule has 20 heavy (non-hydrogen) atoms. The van der Waals surface area contributed by atoms with Gasteiger partial charge in [-0.15, -0.1) is 11.3 Å². The van der Waals surface area contributed by atoms with Crippen LogP contribution in [0, 0.1) is 0 Å². The first kappa shape index (κ1) is 14.8. The number of carbonyl (C=O) groups excluding carboxylic acids is 1. The highest BCUT2D eigenvalue weighted by Gasteiger charge is 2.24. The van der Waals surface area contributed by atoms with Gasteiger partial charge in [0.1, 0.15) is 0 Å². The second-order valence-electron chi connectivity index (χ2n) is 3.96. The first-order valence-corrected chi connectivity index (χ1v) is 8.29. The van der Waals surface area contributed by atoms with E-state index in [-0.39, 0.29) is 29.7 Å². The molecule has 2 aromatic rings. The molecule has 110 valence electrons. The number of nitrogens with one attached hydrogen (secondary N) is 2. The zero-order chi connectivity index (χ0) is 14.8. The summed E-state index contributed by atoms with van der Waals surface area (Å²) < 4.78 is 28.1. The topological polar surface area (TPSA) is 119 Å². The Morgan fingerprint density at radius 1 is 1.55 bits per heavy atom. The molecular formula is C10H15N5O3S2. The number of imidazole rings is 1. The summed E-state index contributed by atoms with van der Waals surface area (Å²) in [4.78, 5) is 15.7. The van der Waals surface area contributed by atoms with Gasteiger partial charge in [0.15, 0.2) is 15.8 Å². The molecule has 2 rings (SSSR count). The van der Waals surface area contributed by atoms with Crippen molar-refractivity contribution in [1.82, 2.24) is 19.4 Å². The van der Waals surface area contributed by atoms with Crippen LogP contribution >= 0.6 is 11.3 Å². The van der Waals surface area contributed by atoms with Gasteiger partial charge in [-0.25, -0.2) is 18.1 Å². The van der Waals surface area contributed by atoms with Crippen LogP contribution in [-0.4, -0.2) is 36.8 Å². The summed E-state index contributed by atoms with van der Waals surface area (Å²) >= 11 is 1.29. The SMILES string of the molecule is CCNC(=O)CCNS(=O)(=O)c1c(N)nc2sccn12. The number of aromatic nitrogens is 2. The summed E-state index contributed by atoms with van der Waals surface area (Å²) in [6.45, 7) is 2.31. The predicted octanol–water partition coefficient (Wildman–Crippen LogP) is -0.217. The molecule has 4 N–H and O–H groups in total. The van der Waals surface area contributed by atoms with Crippen LogP contribution in [0.4, 0.5) is 5.82 Å². The van der Waals surface area contributed by atoms with Crippen molar-refractivity contribution >= 4 is 38.0 Å². The Labute approximate surface area is 120 Å². The van der Waals surface area contributed by atoms with Gasteiger partial charge in [0.05, 0.1) is 0 Å². The van der Waals surface area contributed by atoms with E-state index in [1.807, 2.05) is 0 Å². The third-order valence-electron chi connectivity index (χ3n) is 2.52. The maximum Gasteiger partial charge on any atom is 0.260 e. The Kier molecular flexibility index (Phi) is 4.26. The van der Waals surface area contributed by atoms with E-state index in [0.717, 1.165) is 0 Å². The van der Waals surface area contributed by atoms with Crippen LogP contribution in [0.2, 0.25) is 0 Å². The second kappa shape index (κ2) is 5.77. The van der Waals surface area contributed by atoms with Gasteiger partial charge >= 0.3 is 0 Å². The van der Waals surface area contributed by atoms with Crippen LogP contribution in [0.15, 0.2) is 16.6 Å². The number of nitrogen functional groups attached to an aromatic ring is 1. The molecule has 1 amide bonds. The van der Waals surface area contributed by atoms with Gasteiger partial charge in [-0.05, 0) is 6.92 Å². The molecule has 0 aliphatic carbocycles. The van der Waals surface area contributed by atoms with E-state index < -0.39 is 10.0 Å². The van der Waals surface area contributed by atoms with Gasteiger partial charge < -0.3 is 11.1 Å². The molecule has 2 heterocycles. The number of hydrogen-bond donors (Lipinski definition) is 3. The van der Waals surface area contributed by atoms with Crippen molar-refractivity contribution in [3.63, 3.8) is 0 Å². The molecule has 8 nitrogen and oxygen atoms in total. The van der Waals surface area contributed by atoms with Gasteiger partial charge in [-0.3, -0.25) is 9.20 Å². The summed E-state index contributed by atoms with van der Waals surface area (Å²) in [7, 11) is -3.80. The molecule has 0 bridgehead atoms. The van der Waals surface area contributed by atoms with Gasteiger partial charge in [-0.2, -0.15) is 0 Å². The smallest absolute Gasteiger partial charge is 0.260 e. The molecule has 0 aromatic carbocycles. The van der Waals surface area contributed by atoms with Crippen molar-refractivity contribution < 1.29 is 13.2 Å². The van der Waals surface area contributed by atoms with Crippen LogP contribution in [-0.2, 0) is 14.8 Å². The summed E-state index contributed by atoms with van der Waals surface area (Å²) in [6, 6.07) is 0. The summed E-state index contributed by atoms with van der Waals surface area (Å²) in [5.74, 6) is -0.264. The van der Waals surface area contributed by atoms with Gasteiger partial charge in [0.25, 0.3) is 10.0 Å². The highest BCUT2D eigenvalue weighted by atomic mass is 32.2. The fraction of sp³-hybridized carbons (Fsp3) is 0.400. The van der Waals surface area contributed by atoms with E-state index >= 15 is 0 Å². The number of thiazole rings is 1. The normalized spacial score (nSPS) is 11.8. The zero-order valence-corrected chi connectivity index (χ0v) is 12.4. The van der Waals surface area contributed by atoms with Crippen LogP contribution in [0.25, 0.3) is 4.96 Å². The van der Waals surface area contributed by atoms with Crippen LogP contribution in [0.3, 0.4) is 0 Å². The lowest BCUT2D eigenvalue weighted by Crippen LogP contribution is -2.31. The monoisotopic (exact) mass is 317 g/mol. The van der Waals surface area contributed by atoms with Crippen molar-refractivity contribution in [1.29, 1.82) is 0 Å². The van der Waals surface area contributed by atoms with Gasteiger partial charge in [-0.1, -0.05) is 0 Å². The van der Waals surface area contributed by atoms with Crippen molar-refractivity contribution in [3.05, 3.63) is 11.6 Å². The van der Waals surface area contributed by atoms with Crippen LogP contribution < -0.4 is 15.8 Å². The highest BCUT2D eigenvalue weighted by Crippen LogP contribution is 2.22. The second-order valence-corrected chi connectivity index (χ2v) is 6.51. The quantitative estimate of drug-likeness (QED) is 0.681. The maximum absolute atomic E-state index is 12.2. The molecule has 0 aliphatic rings. The fourth-order valence-corrected chi connectivity index (χ4v) is 3.72. The first-order chi connectivity index (χ1) is 9.45. The molecular weight excluding hydrogens is 302 g/mol. The molecule has 0 saturated carbocycles. The number of carbonyl (C=O) groups is 1. The molecule has 0 radical (unpaired) electrons. The van der Waals surface area contributed by atoms with Crippen LogP contribution in [0.1, 0.15) is 13.3 Å². The lowest BCUT2D eigenvalue weighted by molar-refractivity contribution is -0.120. The standard InChI is InChI=1S/C10H15N5O3S2/c1-2-12-7(16)3-4-13-20(17,18)9-8(11)14-10-15(9)5-6-19-10/h5-6,13H,2-4,11H2,1H3,(H,12,16). The van der Waals surface area contributed by atoms with E-state index in [0.29, 0.717) is 11.5 Å². The predicted molar refractivity (Wildman–Crippen MR) is 76.0 cm³/mol. The van der Waals surface area contributed by atoms with Crippen molar-refractivity contribution in [2.75, 3.05) is 18.8 Å². The molecule has 0 fully saturated rings. The minimum Gasteiger partial charge on any atom is -0.381 e. The summed E-state index contributed by atoms with van der Waals surface area (Å²) in [5.41, 5.74) is 5.64. The van der Waals surface area contributed by atoms with E-state index in [1.54, 1.807) is 18.5 Å². The number of rotatable bonds is 6. The molecule has 0 saturated heterocycles. The van der Waals surface area contributed by atoms with Crippen LogP contribution in [0.5, 0.6) is 0 Å². The van der Waals surface area contributed by atoms with Gasteiger partial charge in [0, 0.05) is 31.1 Å². The molecule has 0 unspecified atom stereocenters. The average Bonchev–Trinajstić information content (AvgIpc) is 2.87. The lowest BCUT2D eigenvalue weighted by atomic mass is 10.4. The third-order valence-corrected chi connectivity index (χ3v) is 4.77. The molecule has 0 atom stereocenters. The highest BCUT2D eigenvalue weighted by molar-refractivity contribution is 7.89. The van der Waals surface area contributed by atoms with E-state index in [1.165, 1.54) is 15.7 Å². The van der Waals surface area contributed by atoms with E-state index in [9.17, 15) is 13.2 Å². The minimum atomic E-state index is -3.80. The minimum absolute atomic E-state index is 0.00494. The van der Waals surface area contributed by atoms with Crippen molar-refractivity contribution in [2.24, 2.45) is 0 Å².